The molecule has 5 nitrogen and oxygen atoms in total. The molecule has 0 N–H and O–H groups in total. The molecule has 102 valence electrons. The van der Waals surface area contributed by atoms with Crippen molar-refractivity contribution in [2.45, 2.75) is 13.5 Å². The van der Waals surface area contributed by atoms with E-state index in [1.807, 2.05) is 31.2 Å². The smallest absolute Gasteiger partial charge is 0.256 e. The van der Waals surface area contributed by atoms with Crippen molar-refractivity contribution in [3.63, 3.8) is 0 Å². The third-order valence-electron chi connectivity index (χ3n) is 2.82. The van der Waals surface area contributed by atoms with E-state index in [0.29, 0.717) is 34.0 Å². The molecular weight excluding hydrogens is 299 g/mol. The van der Waals surface area contributed by atoms with Crippen LogP contribution in [0, 0.1) is 6.92 Å². The summed E-state index contributed by atoms with van der Waals surface area (Å²) in [5, 5.41) is 5.11. The van der Waals surface area contributed by atoms with Gasteiger partial charge in [0.2, 0.25) is 5.88 Å². The van der Waals surface area contributed by atoms with Crippen LogP contribution in [-0.2, 0) is 6.61 Å². The molecule has 3 rings (SSSR count). The number of ether oxygens (including phenoxy) is 1. The maximum absolute atomic E-state index is 6.06. The monoisotopic (exact) mass is 308 g/mol. The van der Waals surface area contributed by atoms with Crippen LogP contribution in [0.5, 0.6) is 5.88 Å². The van der Waals surface area contributed by atoms with Crippen LogP contribution >= 0.6 is 23.2 Å². The first-order chi connectivity index (χ1) is 9.65. The molecule has 0 spiro atoms. The molecule has 2 heterocycles. The number of aromatic nitrogens is 4. The van der Waals surface area contributed by atoms with Gasteiger partial charge in [-0.05, 0) is 24.6 Å². The Bertz CT molecular complexity index is 772. The van der Waals surface area contributed by atoms with Crippen LogP contribution in [0.15, 0.2) is 30.6 Å². The van der Waals surface area contributed by atoms with Crippen molar-refractivity contribution in [2.24, 2.45) is 0 Å². The van der Waals surface area contributed by atoms with Crippen molar-refractivity contribution < 1.29 is 4.74 Å². The van der Waals surface area contributed by atoms with Crippen molar-refractivity contribution in [2.75, 3.05) is 0 Å². The largest absolute Gasteiger partial charge is 0.472 e. The molecule has 0 bridgehead atoms. The minimum absolute atomic E-state index is 0.353. The van der Waals surface area contributed by atoms with E-state index < -0.39 is 0 Å². The summed E-state index contributed by atoms with van der Waals surface area (Å²) in [6.45, 7) is 2.18. The number of rotatable bonds is 3. The second kappa shape index (κ2) is 5.26. The van der Waals surface area contributed by atoms with Gasteiger partial charge in [0.1, 0.15) is 18.1 Å². The van der Waals surface area contributed by atoms with Crippen molar-refractivity contribution >= 4 is 29.0 Å². The summed E-state index contributed by atoms with van der Waals surface area (Å²) in [4.78, 5) is 8.12. The van der Waals surface area contributed by atoms with E-state index >= 15 is 0 Å². The first-order valence-corrected chi connectivity index (χ1v) is 6.64. The molecule has 2 aromatic heterocycles. The third kappa shape index (κ3) is 2.42. The van der Waals surface area contributed by atoms with Crippen LogP contribution in [0.4, 0.5) is 0 Å². The summed E-state index contributed by atoms with van der Waals surface area (Å²) < 4.78 is 7.33. The molecular formula is C13H10Cl2N4O. The minimum atomic E-state index is 0.353. The number of nitrogens with zero attached hydrogens (tertiary/aromatic N) is 4. The Labute approximate surface area is 125 Å². The van der Waals surface area contributed by atoms with Crippen LogP contribution < -0.4 is 4.74 Å². The van der Waals surface area contributed by atoms with Crippen molar-refractivity contribution in [1.29, 1.82) is 0 Å². The second-order valence-corrected chi connectivity index (χ2v) is 5.02. The van der Waals surface area contributed by atoms with E-state index in [-0.39, 0.29) is 0 Å². The number of hydrogen-bond donors (Lipinski definition) is 0. The molecule has 7 heteroatoms. The fraction of sp³-hybridized carbons (Fsp3) is 0.154. The van der Waals surface area contributed by atoms with Gasteiger partial charge in [0.05, 0.1) is 0 Å². The lowest BCUT2D eigenvalue weighted by atomic mass is 10.2. The molecule has 0 saturated heterocycles. The zero-order chi connectivity index (χ0) is 14.1. The molecule has 0 aliphatic heterocycles. The fourth-order valence-electron chi connectivity index (χ4n) is 1.82. The molecule has 20 heavy (non-hydrogen) atoms. The second-order valence-electron chi connectivity index (χ2n) is 4.22. The van der Waals surface area contributed by atoms with Gasteiger partial charge in [-0.3, -0.25) is 0 Å². The van der Waals surface area contributed by atoms with E-state index in [4.69, 9.17) is 27.9 Å². The zero-order valence-corrected chi connectivity index (χ0v) is 12.1. The molecule has 3 aromatic rings. The third-order valence-corrected chi connectivity index (χ3v) is 3.42. The van der Waals surface area contributed by atoms with Gasteiger partial charge >= 0.3 is 0 Å². The minimum Gasteiger partial charge on any atom is -0.472 e. The van der Waals surface area contributed by atoms with Gasteiger partial charge in [0.25, 0.3) is 5.78 Å². The predicted octanol–water partition coefficient (Wildman–Crippen LogP) is 3.32. The summed E-state index contributed by atoms with van der Waals surface area (Å²) in [5.74, 6) is 0.930. The maximum Gasteiger partial charge on any atom is 0.256 e. The van der Waals surface area contributed by atoms with Gasteiger partial charge in [0, 0.05) is 10.6 Å². The maximum atomic E-state index is 6.06. The summed E-state index contributed by atoms with van der Waals surface area (Å²) in [6, 6.07) is 7.47. The quantitative estimate of drug-likeness (QED) is 0.697. The lowest BCUT2D eigenvalue weighted by molar-refractivity contribution is 0.283. The fourth-order valence-corrected chi connectivity index (χ4v) is 2.19. The average molecular weight is 309 g/mol. The highest BCUT2D eigenvalue weighted by molar-refractivity contribution is 6.30. The highest BCUT2D eigenvalue weighted by Gasteiger charge is 2.13. The Morgan fingerprint density at radius 3 is 2.95 bits per heavy atom. The molecule has 0 aliphatic carbocycles. The Balaban J connectivity index is 1.94. The average Bonchev–Trinajstić information content (AvgIpc) is 2.87. The van der Waals surface area contributed by atoms with Crippen LogP contribution in [-0.4, -0.2) is 19.6 Å². The molecule has 0 atom stereocenters. The van der Waals surface area contributed by atoms with E-state index in [9.17, 15) is 0 Å². The molecule has 1 aromatic carbocycles. The Morgan fingerprint density at radius 2 is 2.15 bits per heavy atom. The van der Waals surface area contributed by atoms with Crippen LogP contribution in [0.25, 0.3) is 5.78 Å². The van der Waals surface area contributed by atoms with Gasteiger partial charge in [0.15, 0.2) is 0 Å². The van der Waals surface area contributed by atoms with Gasteiger partial charge in [-0.1, -0.05) is 35.3 Å². The molecule has 0 saturated carbocycles. The molecule has 0 amide bonds. The molecule has 0 unspecified atom stereocenters. The first kappa shape index (κ1) is 13.1. The zero-order valence-electron chi connectivity index (χ0n) is 10.5. The van der Waals surface area contributed by atoms with E-state index in [1.165, 1.54) is 10.8 Å². The van der Waals surface area contributed by atoms with E-state index in [1.54, 1.807) is 0 Å². The number of fused-ring (bicyclic) bond motifs is 1. The summed E-state index contributed by atoms with van der Waals surface area (Å²) in [5.41, 5.74) is 1.67. The Morgan fingerprint density at radius 1 is 1.30 bits per heavy atom. The normalized spacial score (nSPS) is 10.9. The van der Waals surface area contributed by atoms with Gasteiger partial charge < -0.3 is 4.74 Å². The van der Waals surface area contributed by atoms with Gasteiger partial charge in [-0.25, -0.2) is 0 Å². The van der Waals surface area contributed by atoms with Crippen LogP contribution in [0.2, 0.25) is 10.2 Å². The first-order valence-electron chi connectivity index (χ1n) is 5.88. The van der Waals surface area contributed by atoms with Gasteiger partial charge in [-0.2, -0.15) is 19.6 Å². The lowest BCUT2D eigenvalue weighted by Crippen LogP contribution is -2.05. The topological polar surface area (TPSA) is 52.3 Å². The molecule has 0 aliphatic rings. The van der Waals surface area contributed by atoms with E-state index in [0.717, 1.165) is 5.56 Å². The number of benzene rings is 1. The highest BCUT2D eigenvalue weighted by atomic mass is 35.5. The van der Waals surface area contributed by atoms with Crippen molar-refractivity contribution in [1.82, 2.24) is 19.6 Å². The lowest BCUT2D eigenvalue weighted by Gasteiger charge is -2.11. The highest BCUT2D eigenvalue weighted by Crippen LogP contribution is 2.25. The number of hydrogen-bond acceptors (Lipinski definition) is 4. The number of halogens is 2. The van der Waals surface area contributed by atoms with Crippen LogP contribution in [0.1, 0.15) is 11.1 Å². The Kier molecular flexibility index (Phi) is 3.46. The predicted molar refractivity (Wildman–Crippen MR) is 76.3 cm³/mol. The standard InChI is InChI=1S/C13H10Cl2N4O/c1-8-11(15)18-13-16-7-17-19(13)12(8)20-6-9-3-2-4-10(14)5-9/h2-5,7H,6H2,1H3. The SMILES string of the molecule is Cc1c(Cl)nc2ncnn2c1OCc1cccc(Cl)c1. The Hall–Kier alpha value is -1.85. The van der Waals surface area contributed by atoms with Crippen molar-refractivity contribution in [3.05, 3.63) is 51.9 Å². The summed E-state index contributed by atoms with van der Waals surface area (Å²) in [6.07, 6.45) is 1.41. The molecule has 0 radical (unpaired) electrons. The molecule has 0 fully saturated rings. The van der Waals surface area contributed by atoms with Gasteiger partial charge in [-0.15, -0.1) is 0 Å². The van der Waals surface area contributed by atoms with Crippen molar-refractivity contribution in [3.8, 4) is 5.88 Å². The van der Waals surface area contributed by atoms with Crippen LogP contribution in [0.3, 0.4) is 0 Å². The van der Waals surface area contributed by atoms with E-state index in [2.05, 4.69) is 15.1 Å². The summed E-state index contributed by atoms with van der Waals surface area (Å²) >= 11 is 12.0. The summed E-state index contributed by atoms with van der Waals surface area (Å²) in [7, 11) is 0.